The number of aliphatic hydroxyl groups is 1. The van der Waals surface area contributed by atoms with E-state index in [4.69, 9.17) is 4.74 Å². The van der Waals surface area contributed by atoms with Crippen LogP contribution in [0.25, 0.3) is 0 Å². The van der Waals surface area contributed by atoms with Gasteiger partial charge in [-0.3, -0.25) is 4.79 Å². The van der Waals surface area contributed by atoms with Crippen LogP contribution in [0.5, 0.6) is 5.75 Å². The normalized spacial score (nSPS) is 19.3. The van der Waals surface area contributed by atoms with Crippen LogP contribution in [0.2, 0.25) is 0 Å². The van der Waals surface area contributed by atoms with Gasteiger partial charge in [0.15, 0.2) is 0 Å². The standard InChI is InChI=1S/C27H37F2N3O3/c1-16-9-21(35-26(3,4)5)14-22-25(16)30-8-7-27(22,6)31-15-24(34)23(32-17(2)33)12-18-10-19(28)13-20(29)11-18/h9-11,13-14,23-24,30-31,34H,7-8,12,15H2,1-6H3,(H,32,33)/t23-,24-,27?/m0/s1. The SMILES string of the molecule is CC(=O)N[C@@H](Cc1cc(F)cc(F)c1)[C@@H](O)CNC1(C)CCNc2c(C)cc(OC(C)(C)C)cc21. The number of carbonyl (C=O) groups excluding carboxylic acids is 1. The van der Waals surface area contributed by atoms with Crippen LogP contribution in [-0.2, 0) is 16.8 Å². The molecule has 35 heavy (non-hydrogen) atoms. The summed E-state index contributed by atoms with van der Waals surface area (Å²) in [5, 5.41) is 20.7. The van der Waals surface area contributed by atoms with Gasteiger partial charge in [0.25, 0.3) is 0 Å². The summed E-state index contributed by atoms with van der Waals surface area (Å²) in [6.45, 7) is 12.4. The predicted molar refractivity (Wildman–Crippen MR) is 134 cm³/mol. The number of nitrogens with one attached hydrogen (secondary N) is 3. The molecule has 0 aromatic heterocycles. The van der Waals surface area contributed by atoms with Crippen LogP contribution >= 0.6 is 0 Å². The van der Waals surface area contributed by atoms with Gasteiger partial charge in [-0.15, -0.1) is 0 Å². The van der Waals surface area contributed by atoms with E-state index >= 15 is 0 Å². The first kappa shape index (κ1) is 26.9. The Morgan fingerprint density at radius 2 is 1.86 bits per heavy atom. The van der Waals surface area contributed by atoms with Gasteiger partial charge in [-0.2, -0.15) is 0 Å². The number of fused-ring (bicyclic) bond motifs is 1. The fraction of sp³-hybridized carbons (Fsp3) is 0.519. The van der Waals surface area contributed by atoms with E-state index in [9.17, 15) is 18.7 Å². The van der Waals surface area contributed by atoms with Gasteiger partial charge in [-0.05, 0) is 88.4 Å². The molecule has 1 heterocycles. The molecule has 0 saturated carbocycles. The highest BCUT2D eigenvalue weighted by molar-refractivity contribution is 5.73. The Labute approximate surface area is 206 Å². The Hall–Kier alpha value is -2.71. The molecule has 1 aliphatic rings. The van der Waals surface area contributed by atoms with Gasteiger partial charge in [0.1, 0.15) is 23.0 Å². The third-order valence-electron chi connectivity index (χ3n) is 6.19. The number of hydrogen-bond donors (Lipinski definition) is 4. The Bertz CT molecular complexity index is 1050. The maximum atomic E-state index is 13.7. The maximum Gasteiger partial charge on any atom is 0.217 e. The zero-order valence-corrected chi connectivity index (χ0v) is 21.4. The number of aryl methyl sites for hydroxylation is 1. The second-order valence-electron chi connectivity index (χ2n) is 10.6. The molecule has 0 bridgehead atoms. The summed E-state index contributed by atoms with van der Waals surface area (Å²) in [6, 6.07) is 6.54. The molecule has 1 amide bonds. The molecule has 0 spiro atoms. The zero-order chi connectivity index (χ0) is 26.0. The average molecular weight is 490 g/mol. The molecule has 6 nitrogen and oxygen atoms in total. The van der Waals surface area contributed by atoms with E-state index in [2.05, 4.69) is 22.9 Å². The molecular formula is C27H37F2N3O3. The topological polar surface area (TPSA) is 82.6 Å². The quantitative estimate of drug-likeness (QED) is 0.447. The van der Waals surface area contributed by atoms with Gasteiger partial charge in [0.05, 0.1) is 12.1 Å². The van der Waals surface area contributed by atoms with Gasteiger partial charge < -0.3 is 25.8 Å². The molecule has 2 aromatic carbocycles. The lowest BCUT2D eigenvalue weighted by Crippen LogP contribution is -2.53. The molecule has 8 heteroatoms. The van der Waals surface area contributed by atoms with Crippen LogP contribution in [0.4, 0.5) is 14.5 Å². The number of hydrogen-bond acceptors (Lipinski definition) is 5. The molecule has 3 atom stereocenters. The van der Waals surface area contributed by atoms with Crippen molar-refractivity contribution in [2.45, 2.75) is 77.7 Å². The summed E-state index contributed by atoms with van der Waals surface area (Å²) >= 11 is 0. The van der Waals surface area contributed by atoms with Crippen LogP contribution in [-0.4, -0.2) is 41.9 Å². The van der Waals surface area contributed by atoms with E-state index in [1.54, 1.807) is 0 Å². The van der Waals surface area contributed by atoms with Crippen molar-refractivity contribution in [1.82, 2.24) is 10.6 Å². The van der Waals surface area contributed by atoms with Crippen LogP contribution in [0, 0.1) is 18.6 Å². The van der Waals surface area contributed by atoms with Crippen molar-refractivity contribution in [1.29, 1.82) is 0 Å². The van der Waals surface area contributed by atoms with E-state index in [0.717, 1.165) is 41.6 Å². The Morgan fingerprint density at radius 3 is 2.46 bits per heavy atom. The van der Waals surface area contributed by atoms with Crippen LogP contribution in [0.3, 0.4) is 0 Å². The molecule has 0 fully saturated rings. The van der Waals surface area contributed by atoms with Crippen molar-refractivity contribution < 1.29 is 23.4 Å². The molecule has 1 aliphatic heterocycles. The van der Waals surface area contributed by atoms with Crippen molar-refractivity contribution in [3.8, 4) is 5.75 Å². The number of benzene rings is 2. The monoisotopic (exact) mass is 489 g/mol. The van der Waals surface area contributed by atoms with Gasteiger partial charge in [-0.1, -0.05) is 0 Å². The first-order valence-electron chi connectivity index (χ1n) is 12.0. The van der Waals surface area contributed by atoms with Crippen molar-refractivity contribution in [3.05, 3.63) is 58.7 Å². The fourth-order valence-corrected chi connectivity index (χ4v) is 4.59. The molecule has 0 saturated heterocycles. The van der Waals surface area contributed by atoms with Gasteiger partial charge >= 0.3 is 0 Å². The predicted octanol–water partition coefficient (Wildman–Crippen LogP) is 4.18. The number of carbonyl (C=O) groups is 1. The Morgan fingerprint density at radius 1 is 1.20 bits per heavy atom. The van der Waals surface area contributed by atoms with Crippen molar-refractivity contribution >= 4 is 11.6 Å². The summed E-state index contributed by atoms with van der Waals surface area (Å²) in [7, 11) is 0. The van der Waals surface area contributed by atoms with E-state index < -0.39 is 29.3 Å². The highest BCUT2D eigenvalue weighted by Crippen LogP contribution is 2.40. The molecule has 192 valence electrons. The summed E-state index contributed by atoms with van der Waals surface area (Å²) in [5.74, 6) is -0.951. The molecule has 0 radical (unpaired) electrons. The van der Waals surface area contributed by atoms with Crippen molar-refractivity contribution in [2.24, 2.45) is 0 Å². The van der Waals surface area contributed by atoms with Crippen LogP contribution in [0.15, 0.2) is 30.3 Å². The molecule has 3 rings (SSSR count). The number of aliphatic hydroxyl groups excluding tert-OH is 1. The average Bonchev–Trinajstić information content (AvgIpc) is 2.70. The van der Waals surface area contributed by atoms with Crippen molar-refractivity contribution in [2.75, 3.05) is 18.4 Å². The number of ether oxygens (including phenoxy) is 1. The Balaban J connectivity index is 1.81. The lowest BCUT2D eigenvalue weighted by atomic mass is 9.82. The summed E-state index contributed by atoms with van der Waals surface area (Å²) in [4.78, 5) is 11.8. The van der Waals surface area contributed by atoms with Gasteiger partial charge in [-0.25, -0.2) is 8.78 Å². The molecule has 1 unspecified atom stereocenters. The minimum atomic E-state index is -0.990. The minimum absolute atomic E-state index is 0.0919. The maximum absolute atomic E-state index is 13.7. The lowest BCUT2D eigenvalue weighted by Gasteiger charge is -2.40. The molecule has 2 aromatic rings. The lowest BCUT2D eigenvalue weighted by molar-refractivity contribution is -0.120. The first-order chi connectivity index (χ1) is 16.3. The molecule has 4 N–H and O–H groups in total. The summed E-state index contributed by atoms with van der Waals surface area (Å²) in [5.41, 5.74) is 2.70. The summed E-state index contributed by atoms with van der Waals surface area (Å²) < 4.78 is 33.5. The molecular weight excluding hydrogens is 452 g/mol. The van der Waals surface area contributed by atoms with E-state index in [-0.39, 0.29) is 24.5 Å². The van der Waals surface area contributed by atoms with E-state index in [0.29, 0.717) is 5.56 Å². The molecule has 0 aliphatic carbocycles. The fourth-order valence-electron chi connectivity index (χ4n) is 4.59. The van der Waals surface area contributed by atoms with Crippen LogP contribution in [0.1, 0.15) is 57.7 Å². The Kier molecular flexibility index (Phi) is 8.07. The van der Waals surface area contributed by atoms with Gasteiger partial charge in [0.2, 0.25) is 5.91 Å². The second-order valence-corrected chi connectivity index (χ2v) is 10.6. The highest BCUT2D eigenvalue weighted by atomic mass is 19.1. The number of amides is 1. The van der Waals surface area contributed by atoms with Crippen LogP contribution < -0.4 is 20.7 Å². The third kappa shape index (κ3) is 7.15. The van der Waals surface area contributed by atoms with E-state index in [1.807, 2.05) is 39.8 Å². The first-order valence-corrected chi connectivity index (χ1v) is 12.0. The highest BCUT2D eigenvalue weighted by Gasteiger charge is 2.35. The third-order valence-corrected chi connectivity index (χ3v) is 6.19. The smallest absolute Gasteiger partial charge is 0.217 e. The number of halogens is 2. The second kappa shape index (κ2) is 10.5. The zero-order valence-electron chi connectivity index (χ0n) is 21.4. The van der Waals surface area contributed by atoms with E-state index in [1.165, 1.54) is 19.1 Å². The number of anilines is 1. The largest absolute Gasteiger partial charge is 0.488 e. The van der Waals surface area contributed by atoms with Gasteiger partial charge in [0, 0.05) is 37.3 Å². The number of rotatable bonds is 8. The van der Waals surface area contributed by atoms with Crippen molar-refractivity contribution in [3.63, 3.8) is 0 Å². The minimum Gasteiger partial charge on any atom is -0.488 e. The summed E-state index contributed by atoms with van der Waals surface area (Å²) in [6.07, 6.45) is -0.129.